The quantitative estimate of drug-likeness (QED) is 0.375. The molecule has 0 unspecified atom stereocenters. The summed E-state index contributed by atoms with van der Waals surface area (Å²) in [5.41, 5.74) is 3.37. The molecular formula is C24H19FN4S. The predicted octanol–water partition coefficient (Wildman–Crippen LogP) is 5.49. The molecule has 0 spiro atoms. The second-order valence-electron chi connectivity index (χ2n) is 6.77. The highest BCUT2D eigenvalue weighted by atomic mass is 32.2. The molecular weight excluding hydrogens is 395 g/mol. The van der Waals surface area contributed by atoms with Gasteiger partial charge in [-0.2, -0.15) is 5.26 Å². The SMILES string of the molecule is N#Cc1ccc(CSc2nnc(-c3ccccc3F)n2CCc2ccccc2)cc1. The minimum atomic E-state index is -0.311. The van der Waals surface area contributed by atoms with E-state index in [0.717, 1.165) is 17.1 Å². The van der Waals surface area contributed by atoms with Crippen molar-refractivity contribution in [3.63, 3.8) is 0 Å². The molecule has 6 heteroatoms. The minimum Gasteiger partial charge on any atom is -0.302 e. The fourth-order valence-corrected chi connectivity index (χ4v) is 4.07. The van der Waals surface area contributed by atoms with Gasteiger partial charge in [-0.1, -0.05) is 66.4 Å². The van der Waals surface area contributed by atoms with Crippen LogP contribution in [-0.2, 0) is 18.7 Å². The van der Waals surface area contributed by atoms with Crippen LogP contribution in [0.2, 0.25) is 0 Å². The van der Waals surface area contributed by atoms with Crippen molar-refractivity contribution in [2.45, 2.75) is 23.9 Å². The summed E-state index contributed by atoms with van der Waals surface area (Å²) in [6.07, 6.45) is 0.796. The lowest BCUT2D eigenvalue weighted by Crippen LogP contribution is -2.06. The van der Waals surface area contributed by atoms with Crippen molar-refractivity contribution < 1.29 is 4.39 Å². The summed E-state index contributed by atoms with van der Waals surface area (Å²) < 4.78 is 16.4. The molecule has 30 heavy (non-hydrogen) atoms. The van der Waals surface area contributed by atoms with E-state index in [-0.39, 0.29) is 5.82 Å². The molecule has 4 rings (SSSR count). The number of aromatic nitrogens is 3. The summed E-state index contributed by atoms with van der Waals surface area (Å²) in [6.45, 7) is 0.649. The summed E-state index contributed by atoms with van der Waals surface area (Å²) in [5, 5.41) is 18.4. The number of halogens is 1. The van der Waals surface area contributed by atoms with E-state index in [9.17, 15) is 4.39 Å². The standard InChI is InChI=1S/C24H19FN4S/c25-22-9-5-4-8-21(22)23-27-28-24(29(23)15-14-18-6-2-1-3-7-18)30-17-20-12-10-19(16-26)11-13-20/h1-13H,14-15,17H2. The zero-order valence-electron chi connectivity index (χ0n) is 16.2. The molecule has 0 aliphatic heterocycles. The smallest absolute Gasteiger partial charge is 0.191 e. The number of benzene rings is 3. The van der Waals surface area contributed by atoms with E-state index in [0.29, 0.717) is 29.2 Å². The van der Waals surface area contributed by atoms with Crippen molar-refractivity contribution in [1.29, 1.82) is 5.26 Å². The summed E-state index contributed by atoms with van der Waals surface area (Å²) in [4.78, 5) is 0. The third kappa shape index (κ3) is 4.58. The first kappa shape index (κ1) is 19.9. The Hall–Kier alpha value is -3.43. The van der Waals surface area contributed by atoms with Crippen LogP contribution in [0.5, 0.6) is 0 Å². The Balaban J connectivity index is 1.60. The summed E-state index contributed by atoms with van der Waals surface area (Å²) in [7, 11) is 0. The summed E-state index contributed by atoms with van der Waals surface area (Å²) in [5.74, 6) is 0.910. The van der Waals surface area contributed by atoms with Crippen molar-refractivity contribution in [2.24, 2.45) is 0 Å². The van der Waals surface area contributed by atoms with Gasteiger partial charge in [-0.3, -0.25) is 0 Å². The van der Waals surface area contributed by atoms with Crippen LogP contribution in [0.25, 0.3) is 11.4 Å². The van der Waals surface area contributed by atoms with Crippen LogP contribution in [0, 0.1) is 17.1 Å². The largest absolute Gasteiger partial charge is 0.302 e. The van der Waals surface area contributed by atoms with Crippen molar-refractivity contribution in [1.82, 2.24) is 14.8 Å². The van der Waals surface area contributed by atoms with Gasteiger partial charge in [-0.25, -0.2) is 4.39 Å². The van der Waals surface area contributed by atoms with Crippen LogP contribution in [0.3, 0.4) is 0 Å². The first-order valence-electron chi connectivity index (χ1n) is 9.58. The summed E-state index contributed by atoms with van der Waals surface area (Å²) >= 11 is 1.55. The highest BCUT2D eigenvalue weighted by Gasteiger charge is 2.17. The minimum absolute atomic E-state index is 0.311. The molecule has 0 bridgehead atoms. The van der Waals surface area contributed by atoms with E-state index in [1.807, 2.05) is 34.9 Å². The maximum atomic E-state index is 14.4. The zero-order chi connectivity index (χ0) is 20.8. The van der Waals surface area contributed by atoms with Crippen LogP contribution in [0.15, 0.2) is 84.0 Å². The average molecular weight is 415 g/mol. The number of nitriles is 1. The molecule has 0 N–H and O–H groups in total. The van der Waals surface area contributed by atoms with Crippen LogP contribution in [0.1, 0.15) is 16.7 Å². The highest BCUT2D eigenvalue weighted by molar-refractivity contribution is 7.98. The molecule has 3 aromatic carbocycles. The second-order valence-corrected chi connectivity index (χ2v) is 7.71. The highest BCUT2D eigenvalue weighted by Crippen LogP contribution is 2.28. The molecule has 0 atom stereocenters. The summed E-state index contributed by atoms with van der Waals surface area (Å²) in [6, 6.07) is 26.4. The van der Waals surface area contributed by atoms with E-state index in [4.69, 9.17) is 5.26 Å². The van der Waals surface area contributed by atoms with Gasteiger partial charge in [0.15, 0.2) is 11.0 Å². The van der Waals surface area contributed by atoms with Crippen molar-refractivity contribution in [2.75, 3.05) is 0 Å². The fraction of sp³-hybridized carbons (Fsp3) is 0.125. The number of hydrogen-bond acceptors (Lipinski definition) is 4. The van der Waals surface area contributed by atoms with Gasteiger partial charge in [0.25, 0.3) is 0 Å². The number of nitrogens with zero attached hydrogens (tertiary/aromatic N) is 4. The molecule has 0 radical (unpaired) electrons. The molecule has 0 aliphatic carbocycles. The normalized spacial score (nSPS) is 10.7. The van der Waals surface area contributed by atoms with E-state index in [2.05, 4.69) is 28.4 Å². The Morgan fingerprint density at radius 1 is 0.867 bits per heavy atom. The maximum absolute atomic E-state index is 14.4. The first-order valence-corrected chi connectivity index (χ1v) is 10.6. The Morgan fingerprint density at radius 2 is 1.60 bits per heavy atom. The molecule has 0 fully saturated rings. The predicted molar refractivity (Wildman–Crippen MR) is 116 cm³/mol. The third-order valence-electron chi connectivity index (χ3n) is 4.75. The van der Waals surface area contributed by atoms with E-state index >= 15 is 0 Å². The molecule has 0 aliphatic rings. The van der Waals surface area contributed by atoms with Crippen molar-refractivity contribution in [3.8, 4) is 17.5 Å². The molecule has 1 aromatic heterocycles. The lowest BCUT2D eigenvalue weighted by atomic mass is 10.1. The Kier molecular flexibility index (Phi) is 6.21. The monoisotopic (exact) mass is 414 g/mol. The van der Waals surface area contributed by atoms with Gasteiger partial charge in [0.05, 0.1) is 17.2 Å². The molecule has 148 valence electrons. The van der Waals surface area contributed by atoms with E-state index in [1.165, 1.54) is 11.6 Å². The topological polar surface area (TPSA) is 54.5 Å². The van der Waals surface area contributed by atoms with Crippen LogP contribution < -0.4 is 0 Å². The third-order valence-corrected chi connectivity index (χ3v) is 5.79. The average Bonchev–Trinajstić information content (AvgIpc) is 3.20. The van der Waals surface area contributed by atoms with Crippen molar-refractivity contribution >= 4 is 11.8 Å². The Morgan fingerprint density at radius 3 is 2.33 bits per heavy atom. The van der Waals surface area contributed by atoms with Crippen LogP contribution in [-0.4, -0.2) is 14.8 Å². The van der Waals surface area contributed by atoms with E-state index in [1.54, 1.807) is 42.1 Å². The van der Waals surface area contributed by atoms with Gasteiger partial charge in [0.2, 0.25) is 0 Å². The van der Waals surface area contributed by atoms with Crippen LogP contribution >= 0.6 is 11.8 Å². The van der Waals surface area contributed by atoms with Crippen LogP contribution in [0.4, 0.5) is 4.39 Å². The molecule has 0 amide bonds. The van der Waals surface area contributed by atoms with Gasteiger partial charge in [0.1, 0.15) is 5.82 Å². The molecule has 4 nitrogen and oxygen atoms in total. The zero-order valence-corrected chi connectivity index (χ0v) is 17.0. The first-order chi connectivity index (χ1) is 14.7. The van der Waals surface area contributed by atoms with Gasteiger partial charge >= 0.3 is 0 Å². The van der Waals surface area contributed by atoms with E-state index < -0.39 is 0 Å². The fourth-order valence-electron chi connectivity index (χ4n) is 3.15. The molecule has 0 saturated heterocycles. The lowest BCUT2D eigenvalue weighted by Gasteiger charge is -2.11. The number of thioether (sulfide) groups is 1. The van der Waals surface area contributed by atoms with Crippen molar-refractivity contribution in [3.05, 3.63) is 101 Å². The molecule has 1 heterocycles. The number of rotatable bonds is 7. The number of aryl methyl sites for hydroxylation is 1. The molecule has 4 aromatic rings. The Labute approximate surface area is 179 Å². The van der Waals surface area contributed by atoms with Gasteiger partial charge in [-0.15, -0.1) is 10.2 Å². The lowest BCUT2D eigenvalue weighted by molar-refractivity contribution is 0.616. The van der Waals surface area contributed by atoms with Gasteiger partial charge < -0.3 is 4.57 Å². The van der Waals surface area contributed by atoms with Gasteiger partial charge in [0, 0.05) is 12.3 Å². The van der Waals surface area contributed by atoms with Gasteiger partial charge in [-0.05, 0) is 41.8 Å². The number of hydrogen-bond donors (Lipinski definition) is 0. The Bertz CT molecular complexity index is 1160. The molecule has 0 saturated carbocycles. The second kappa shape index (κ2) is 9.38. The maximum Gasteiger partial charge on any atom is 0.191 e.